The minimum absolute atomic E-state index is 0.0860. The SMILES string of the molecule is Cc1cc(C)c(CNC(=O)c2cc(Br)c3c(c2C)O[C@@](C)(CO[C@H]2CCN(C(=O)O)C2)O3)c(=O)[nH]1. The van der Waals surface area contributed by atoms with Crippen LogP contribution in [0.5, 0.6) is 11.5 Å². The molecule has 2 aliphatic rings. The van der Waals surface area contributed by atoms with Gasteiger partial charge in [0.2, 0.25) is 0 Å². The summed E-state index contributed by atoms with van der Waals surface area (Å²) in [7, 11) is 0. The molecule has 4 rings (SSSR count). The highest BCUT2D eigenvalue weighted by Gasteiger charge is 2.42. The number of amides is 2. The molecule has 0 saturated carbocycles. The number of pyridine rings is 1. The number of halogens is 1. The number of H-pyrrole nitrogens is 1. The summed E-state index contributed by atoms with van der Waals surface area (Å²) in [6, 6.07) is 3.52. The van der Waals surface area contributed by atoms with E-state index in [1.54, 1.807) is 19.9 Å². The highest BCUT2D eigenvalue weighted by Crippen LogP contribution is 2.48. The highest BCUT2D eigenvalue weighted by molar-refractivity contribution is 9.10. The molecule has 0 unspecified atom stereocenters. The van der Waals surface area contributed by atoms with Crippen LogP contribution in [-0.4, -0.2) is 58.6 Å². The molecule has 1 aromatic carbocycles. The average Bonchev–Trinajstić information content (AvgIpc) is 3.39. The maximum absolute atomic E-state index is 13.0. The van der Waals surface area contributed by atoms with Gasteiger partial charge in [-0.25, -0.2) is 4.79 Å². The summed E-state index contributed by atoms with van der Waals surface area (Å²) >= 11 is 3.47. The van der Waals surface area contributed by atoms with Crippen molar-refractivity contribution in [2.75, 3.05) is 19.7 Å². The molecule has 0 aliphatic carbocycles. The number of carboxylic acid groups (broad SMARTS) is 1. The molecule has 188 valence electrons. The van der Waals surface area contributed by atoms with Crippen molar-refractivity contribution in [2.24, 2.45) is 0 Å². The molecule has 3 N–H and O–H groups in total. The molecule has 3 heterocycles. The predicted molar refractivity (Wildman–Crippen MR) is 130 cm³/mol. The third-order valence-corrected chi connectivity index (χ3v) is 6.82. The van der Waals surface area contributed by atoms with Crippen LogP contribution in [-0.2, 0) is 11.3 Å². The molecule has 0 radical (unpaired) electrons. The van der Waals surface area contributed by atoms with Crippen LogP contribution >= 0.6 is 15.9 Å². The number of aromatic nitrogens is 1. The van der Waals surface area contributed by atoms with E-state index >= 15 is 0 Å². The maximum Gasteiger partial charge on any atom is 0.407 e. The lowest BCUT2D eigenvalue weighted by Crippen LogP contribution is -2.42. The number of fused-ring (bicyclic) bond motifs is 1. The van der Waals surface area contributed by atoms with E-state index in [4.69, 9.17) is 19.3 Å². The van der Waals surface area contributed by atoms with Crippen LogP contribution < -0.4 is 20.3 Å². The summed E-state index contributed by atoms with van der Waals surface area (Å²) < 4.78 is 18.6. The van der Waals surface area contributed by atoms with Crippen molar-refractivity contribution in [1.82, 2.24) is 15.2 Å². The van der Waals surface area contributed by atoms with Gasteiger partial charge in [-0.2, -0.15) is 0 Å². The van der Waals surface area contributed by atoms with Gasteiger partial charge in [-0.3, -0.25) is 9.59 Å². The fraction of sp³-hybridized carbons (Fsp3) is 0.458. The molecular weight excluding hydrogens is 522 g/mol. The number of rotatable bonds is 6. The van der Waals surface area contributed by atoms with Gasteiger partial charge in [0, 0.05) is 42.4 Å². The van der Waals surface area contributed by atoms with Gasteiger partial charge in [0.05, 0.1) is 17.1 Å². The van der Waals surface area contributed by atoms with E-state index in [0.717, 1.165) is 11.3 Å². The van der Waals surface area contributed by atoms with Gasteiger partial charge in [-0.05, 0) is 60.8 Å². The molecule has 1 saturated heterocycles. The third-order valence-electron chi connectivity index (χ3n) is 6.24. The largest absolute Gasteiger partial charge is 0.465 e. The number of benzene rings is 1. The number of aryl methyl sites for hydroxylation is 2. The van der Waals surface area contributed by atoms with Crippen LogP contribution in [0.1, 0.15) is 46.1 Å². The van der Waals surface area contributed by atoms with E-state index in [1.165, 1.54) is 4.90 Å². The van der Waals surface area contributed by atoms with Gasteiger partial charge in [-0.1, -0.05) is 0 Å². The van der Waals surface area contributed by atoms with E-state index in [0.29, 0.717) is 52.2 Å². The first-order valence-corrected chi connectivity index (χ1v) is 12.0. The van der Waals surface area contributed by atoms with Crippen LogP contribution in [0, 0.1) is 20.8 Å². The maximum atomic E-state index is 13.0. The fourth-order valence-corrected chi connectivity index (χ4v) is 4.83. The van der Waals surface area contributed by atoms with E-state index in [9.17, 15) is 14.4 Å². The average molecular weight is 550 g/mol. The number of carbonyl (C=O) groups excluding carboxylic acids is 1. The van der Waals surface area contributed by atoms with Crippen LogP contribution in [0.3, 0.4) is 0 Å². The van der Waals surface area contributed by atoms with Gasteiger partial charge in [0.1, 0.15) is 6.61 Å². The van der Waals surface area contributed by atoms with Crippen LogP contribution in [0.2, 0.25) is 0 Å². The topological polar surface area (TPSA) is 130 Å². The second-order valence-electron chi connectivity index (χ2n) is 9.10. The Balaban J connectivity index is 1.45. The summed E-state index contributed by atoms with van der Waals surface area (Å²) in [5.41, 5.74) is 2.82. The summed E-state index contributed by atoms with van der Waals surface area (Å²) in [6.07, 6.45) is -0.597. The molecule has 1 fully saturated rings. The highest BCUT2D eigenvalue weighted by atomic mass is 79.9. The van der Waals surface area contributed by atoms with Gasteiger partial charge < -0.3 is 34.5 Å². The summed E-state index contributed by atoms with van der Waals surface area (Å²) in [6.45, 7) is 8.04. The van der Waals surface area contributed by atoms with Gasteiger partial charge in [0.25, 0.3) is 17.3 Å². The number of nitrogens with one attached hydrogen (secondary N) is 2. The lowest BCUT2D eigenvalue weighted by molar-refractivity contribution is -0.132. The minimum atomic E-state index is -1.13. The van der Waals surface area contributed by atoms with Crippen LogP contribution in [0.4, 0.5) is 4.79 Å². The quantitative estimate of drug-likeness (QED) is 0.504. The monoisotopic (exact) mass is 549 g/mol. The predicted octanol–water partition coefficient (Wildman–Crippen LogP) is 3.25. The number of hydrogen-bond donors (Lipinski definition) is 3. The molecule has 2 atom stereocenters. The molecule has 1 aromatic heterocycles. The number of carbonyl (C=O) groups is 2. The Morgan fingerprint density at radius 3 is 2.66 bits per heavy atom. The summed E-state index contributed by atoms with van der Waals surface area (Å²) in [5.74, 6) is -0.583. The first kappa shape index (κ1) is 25.1. The lowest BCUT2D eigenvalue weighted by Gasteiger charge is -2.25. The molecule has 0 spiro atoms. The van der Waals surface area contributed by atoms with Gasteiger partial charge in [0.15, 0.2) is 11.5 Å². The van der Waals surface area contributed by atoms with Crippen molar-refractivity contribution in [2.45, 2.75) is 52.6 Å². The van der Waals surface area contributed by atoms with Crippen molar-refractivity contribution < 1.29 is 28.9 Å². The van der Waals surface area contributed by atoms with Crippen molar-refractivity contribution >= 4 is 27.9 Å². The Labute approximate surface area is 210 Å². The van der Waals surface area contributed by atoms with Crippen LogP contribution in [0.15, 0.2) is 21.4 Å². The first-order chi connectivity index (χ1) is 16.5. The van der Waals surface area contributed by atoms with Gasteiger partial charge >= 0.3 is 6.09 Å². The lowest BCUT2D eigenvalue weighted by atomic mass is 10.1. The van der Waals surface area contributed by atoms with Crippen LogP contribution in [0.25, 0.3) is 0 Å². The molecule has 2 amide bonds. The number of nitrogens with zero attached hydrogens (tertiary/aromatic N) is 1. The van der Waals surface area contributed by atoms with E-state index < -0.39 is 11.9 Å². The number of hydrogen-bond acceptors (Lipinski definition) is 6. The zero-order valence-corrected chi connectivity index (χ0v) is 21.6. The smallest absolute Gasteiger partial charge is 0.407 e. The Morgan fingerprint density at radius 1 is 1.29 bits per heavy atom. The number of ether oxygens (including phenoxy) is 3. The number of likely N-dealkylation sites (tertiary alicyclic amines) is 1. The molecule has 2 aliphatic heterocycles. The Hall–Kier alpha value is -3.05. The van der Waals surface area contributed by atoms with Crippen molar-refractivity contribution in [3.63, 3.8) is 0 Å². The molecular formula is C24H28BrN3O7. The zero-order chi connectivity index (χ0) is 25.5. The first-order valence-electron chi connectivity index (χ1n) is 11.3. The molecule has 11 heteroatoms. The molecule has 0 bridgehead atoms. The Bertz CT molecular complexity index is 1240. The van der Waals surface area contributed by atoms with Crippen molar-refractivity contribution in [3.05, 3.63) is 54.9 Å². The zero-order valence-electron chi connectivity index (χ0n) is 20.0. The fourth-order valence-electron chi connectivity index (χ4n) is 4.34. The standard InChI is InChI=1S/C24H28BrN3O7/c1-12-7-13(2)27-22(30)17(12)9-26-21(29)16-8-18(25)20-19(14(16)3)34-24(4,35-20)11-33-15-5-6-28(10-15)23(31)32/h7-8,15H,5-6,9-11H2,1-4H3,(H,26,29)(H,27,30)(H,31,32)/t15-,24+/m0/s1. The Morgan fingerprint density at radius 2 is 2.00 bits per heavy atom. The molecule has 10 nitrogen and oxygen atoms in total. The second-order valence-corrected chi connectivity index (χ2v) is 9.96. The molecule has 35 heavy (non-hydrogen) atoms. The number of aromatic amines is 1. The van der Waals surface area contributed by atoms with Crippen molar-refractivity contribution in [3.8, 4) is 11.5 Å². The molecule has 2 aromatic rings. The normalized spacial score (nSPS) is 20.8. The van der Waals surface area contributed by atoms with Crippen molar-refractivity contribution in [1.29, 1.82) is 0 Å². The second kappa shape index (κ2) is 9.54. The van der Waals surface area contributed by atoms with E-state index in [2.05, 4.69) is 26.2 Å². The van der Waals surface area contributed by atoms with E-state index in [-0.39, 0.29) is 30.7 Å². The van der Waals surface area contributed by atoms with Gasteiger partial charge in [-0.15, -0.1) is 0 Å². The minimum Gasteiger partial charge on any atom is -0.465 e. The summed E-state index contributed by atoms with van der Waals surface area (Å²) in [4.78, 5) is 40.5. The summed E-state index contributed by atoms with van der Waals surface area (Å²) in [5, 5.41) is 11.9. The third kappa shape index (κ3) is 5.15. The van der Waals surface area contributed by atoms with E-state index in [1.807, 2.05) is 19.9 Å². The Kier molecular flexibility index (Phi) is 6.83.